The molecule has 0 atom stereocenters. The predicted octanol–water partition coefficient (Wildman–Crippen LogP) is 1.18. The molecule has 0 fully saturated rings. The highest BCUT2D eigenvalue weighted by Crippen LogP contribution is 2.07. The van der Waals surface area contributed by atoms with Crippen molar-refractivity contribution in [1.82, 2.24) is 10.6 Å². The summed E-state index contributed by atoms with van der Waals surface area (Å²) in [5.74, 6) is 0.921. The van der Waals surface area contributed by atoms with Gasteiger partial charge in [-0.2, -0.15) is 0 Å². The van der Waals surface area contributed by atoms with Crippen LogP contribution in [-0.4, -0.2) is 32.1 Å². The van der Waals surface area contributed by atoms with Crippen LogP contribution >= 0.6 is 0 Å². The zero-order valence-electron chi connectivity index (χ0n) is 10.2. The van der Waals surface area contributed by atoms with Crippen molar-refractivity contribution in [3.8, 4) is 5.75 Å². The molecule has 17 heavy (non-hydrogen) atoms. The summed E-state index contributed by atoms with van der Waals surface area (Å²) >= 11 is 0. The smallest absolute Gasteiger partial charge is 0.216 e. The molecule has 0 saturated heterocycles. The maximum atomic E-state index is 10.6. The Kier molecular flexibility index (Phi) is 6.82. The van der Waals surface area contributed by atoms with Gasteiger partial charge in [0.2, 0.25) is 5.91 Å². The molecule has 0 aliphatic heterocycles. The molecule has 0 saturated carbocycles. The van der Waals surface area contributed by atoms with E-state index in [4.69, 9.17) is 4.74 Å². The van der Waals surface area contributed by atoms with Crippen LogP contribution in [0.3, 0.4) is 0 Å². The molecule has 1 aromatic rings. The van der Waals surface area contributed by atoms with Gasteiger partial charge in [-0.15, -0.1) is 0 Å². The van der Waals surface area contributed by atoms with Crippen molar-refractivity contribution in [3.05, 3.63) is 30.3 Å². The summed E-state index contributed by atoms with van der Waals surface area (Å²) in [6.45, 7) is 4.59. The number of para-hydroxylation sites is 1. The van der Waals surface area contributed by atoms with Gasteiger partial charge in [-0.05, 0) is 25.1 Å². The number of hydrogen-bond donors (Lipinski definition) is 2. The Hall–Kier alpha value is -1.55. The monoisotopic (exact) mass is 236 g/mol. The summed E-state index contributed by atoms with van der Waals surface area (Å²) in [7, 11) is 0. The first-order valence-corrected chi connectivity index (χ1v) is 5.92. The van der Waals surface area contributed by atoms with Crippen molar-refractivity contribution in [2.24, 2.45) is 0 Å². The number of carbonyl (C=O) groups excluding carboxylic acids is 1. The van der Waals surface area contributed by atoms with Crippen LogP contribution in [0.5, 0.6) is 5.75 Å². The molecular formula is C13H20N2O2. The van der Waals surface area contributed by atoms with Crippen LogP contribution in [-0.2, 0) is 4.79 Å². The molecule has 0 heterocycles. The number of benzene rings is 1. The first-order valence-electron chi connectivity index (χ1n) is 5.92. The molecule has 1 aromatic carbocycles. The van der Waals surface area contributed by atoms with E-state index in [0.717, 1.165) is 25.3 Å². The van der Waals surface area contributed by atoms with Crippen molar-refractivity contribution >= 4 is 5.91 Å². The van der Waals surface area contributed by atoms with E-state index >= 15 is 0 Å². The van der Waals surface area contributed by atoms with E-state index in [-0.39, 0.29) is 5.91 Å². The molecular weight excluding hydrogens is 216 g/mol. The summed E-state index contributed by atoms with van der Waals surface area (Å²) < 4.78 is 5.54. The standard InChI is InChI=1S/C13H20N2O2/c1-12(16)15-10-9-14-8-5-11-17-13-6-3-2-4-7-13/h2-4,6-7,14H,5,8-11H2,1H3,(H,15,16). The third-order valence-corrected chi connectivity index (χ3v) is 2.19. The van der Waals surface area contributed by atoms with Crippen molar-refractivity contribution in [2.45, 2.75) is 13.3 Å². The molecule has 0 radical (unpaired) electrons. The van der Waals surface area contributed by atoms with Crippen LogP contribution in [0.15, 0.2) is 30.3 Å². The zero-order valence-corrected chi connectivity index (χ0v) is 10.2. The lowest BCUT2D eigenvalue weighted by atomic mass is 10.3. The Morgan fingerprint density at radius 3 is 2.65 bits per heavy atom. The van der Waals surface area contributed by atoms with Gasteiger partial charge in [0.05, 0.1) is 6.61 Å². The van der Waals surface area contributed by atoms with E-state index in [0.29, 0.717) is 13.2 Å². The van der Waals surface area contributed by atoms with Crippen LogP contribution in [0.2, 0.25) is 0 Å². The first-order chi connectivity index (χ1) is 8.29. The molecule has 0 bridgehead atoms. The van der Waals surface area contributed by atoms with Crippen molar-refractivity contribution in [1.29, 1.82) is 0 Å². The number of hydrogen-bond acceptors (Lipinski definition) is 3. The highest BCUT2D eigenvalue weighted by molar-refractivity contribution is 5.72. The van der Waals surface area contributed by atoms with Gasteiger partial charge in [0.1, 0.15) is 5.75 Å². The Morgan fingerprint density at radius 1 is 1.18 bits per heavy atom. The van der Waals surface area contributed by atoms with Crippen LogP contribution in [0.25, 0.3) is 0 Å². The molecule has 0 aliphatic carbocycles. The van der Waals surface area contributed by atoms with E-state index in [1.54, 1.807) is 0 Å². The summed E-state index contributed by atoms with van der Waals surface area (Å²) in [6.07, 6.45) is 0.953. The highest BCUT2D eigenvalue weighted by atomic mass is 16.5. The summed E-state index contributed by atoms with van der Waals surface area (Å²) in [6, 6.07) is 9.78. The highest BCUT2D eigenvalue weighted by Gasteiger charge is 1.93. The molecule has 4 nitrogen and oxygen atoms in total. The summed E-state index contributed by atoms with van der Waals surface area (Å²) in [5, 5.41) is 5.96. The van der Waals surface area contributed by atoms with E-state index in [1.807, 2.05) is 30.3 Å². The van der Waals surface area contributed by atoms with Crippen LogP contribution in [0.4, 0.5) is 0 Å². The molecule has 0 spiro atoms. The first kappa shape index (κ1) is 13.5. The molecule has 1 amide bonds. The molecule has 94 valence electrons. The Balaban J connectivity index is 1.90. The lowest BCUT2D eigenvalue weighted by molar-refractivity contribution is -0.118. The van der Waals surface area contributed by atoms with Gasteiger partial charge >= 0.3 is 0 Å². The van der Waals surface area contributed by atoms with Gasteiger partial charge in [-0.25, -0.2) is 0 Å². The number of nitrogens with one attached hydrogen (secondary N) is 2. The van der Waals surface area contributed by atoms with Gasteiger partial charge in [0.25, 0.3) is 0 Å². The molecule has 0 aliphatic rings. The average Bonchev–Trinajstić information content (AvgIpc) is 2.33. The van der Waals surface area contributed by atoms with Gasteiger partial charge in [-0.1, -0.05) is 18.2 Å². The third kappa shape index (κ3) is 7.36. The van der Waals surface area contributed by atoms with Crippen molar-refractivity contribution < 1.29 is 9.53 Å². The van der Waals surface area contributed by atoms with E-state index < -0.39 is 0 Å². The zero-order chi connectivity index (χ0) is 12.3. The average molecular weight is 236 g/mol. The van der Waals surface area contributed by atoms with Crippen LogP contribution in [0, 0.1) is 0 Å². The number of ether oxygens (including phenoxy) is 1. The van der Waals surface area contributed by atoms with Gasteiger partial charge in [0.15, 0.2) is 0 Å². The fourth-order valence-electron chi connectivity index (χ4n) is 1.36. The Morgan fingerprint density at radius 2 is 1.94 bits per heavy atom. The second kappa shape index (κ2) is 8.58. The van der Waals surface area contributed by atoms with Gasteiger partial charge in [0, 0.05) is 20.0 Å². The summed E-state index contributed by atoms with van der Waals surface area (Å²) in [4.78, 5) is 10.6. The normalized spacial score (nSPS) is 9.94. The van der Waals surface area contributed by atoms with Crippen molar-refractivity contribution in [3.63, 3.8) is 0 Å². The Bertz CT molecular complexity index is 314. The van der Waals surface area contributed by atoms with Crippen molar-refractivity contribution in [2.75, 3.05) is 26.2 Å². The predicted molar refractivity (Wildman–Crippen MR) is 68.1 cm³/mol. The fraction of sp³-hybridized carbons (Fsp3) is 0.462. The SMILES string of the molecule is CC(=O)NCCNCCCOc1ccccc1. The lowest BCUT2D eigenvalue weighted by Gasteiger charge is -2.07. The fourth-order valence-corrected chi connectivity index (χ4v) is 1.36. The minimum Gasteiger partial charge on any atom is -0.494 e. The number of rotatable bonds is 8. The molecule has 0 unspecified atom stereocenters. The molecule has 4 heteroatoms. The van der Waals surface area contributed by atoms with Gasteiger partial charge in [-0.3, -0.25) is 4.79 Å². The topological polar surface area (TPSA) is 50.4 Å². The second-order valence-electron chi connectivity index (χ2n) is 3.75. The Labute approximate surface area is 102 Å². The lowest BCUT2D eigenvalue weighted by Crippen LogP contribution is -2.31. The van der Waals surface area contributed by atoms with E-state index in [1.165, 1.54) is 6.92 Å². The molecule has 1 rings (SSSR count). The third-order valence-electron chi connectivity index (χ3n) is 2.19. The minimum absolute atomic E-state index is 0.0132. The van der Waals surface area contributed by atoms with E-state index in [2.05, 4.69) is 10.6 Å². The minimum atomic E-state index is 0.0132. The largest absolute Gasteiger partial charge is 0.494 e. The maximum absolute atomic E-state index is 10.6. The number of carbonyl (C=O) groups is 1. The quantitative estimate of drug-likeness (QED) is 0.666. The number of amides is 1. The summed E-state index contributed by atoms with van der Waals surface area (Å²) in [5.41, 5.74) is 0. The second-order valence-corrected chi connectivity index (χ2v) is 3.75. The maximum Gasteiger partial charge on any atom is 0.216 e. The van der Waals surface area contributed by atoms with Gasteiger partial charge < -0.3 is 15.4 Å². The molecule has 0 aromatic heterocycles. The van der Waals surface area contributed by atoms with Crippen LogP contribution < -0.4 is 15.4 Å². The van der Waals surface area contributed by atoms with E-state index in [9.17, 15) is 4.79 Å². The molecule has 2 N–H and O–H groups in total. The van der Waals surface area contributed by atoms with Crippen LogP contribution in [0.1, 0.15) is 13.3 Å².